The summed E-state index contributed by atoms with van der Waals surface area (Å²) < 4.78 is 35.9. The van der Waals surface area contributed by atoms with Crippen molar-refractivity contribution in [2.24, 2.45) is 5.73 Å². The fraction of sp³-hybridized carbons (Fsp3) is 0.500. The maximum absolute atomic E-state index is 11.9. The number of hydrogen-bond acceptors (Lipinski definition) is 3. The van der Waals surface area contributed by atoms with Crippen molar-refractivity contribution >= 4 is 22.9 Å². The van der Waals surface area contributed by atoms with E-state index in [-0.39, 0.29) is 5.01 Å². The van der Waals surface area contributed by atoms with Gasteiger partial charge in [0.25, 0.3) is 0 Å². The first-order valence-corrected chi connectivity index (χ1v) is 4.51. The van der Waals surface area contributed by atoms with E-state index in [0.717, 1.165) is 11.3 Å². The normalized spacial score (nSPS) is 14.5. The summed E-state index contributed by atoms with van der Waals surface area (Å²) in [5, 5.41) is 0.210. The zero-order chi connectivity index (χ0) is 10.1. The molecule has 13 heavy (non-hydrogen) atoms. The van der Waals surface area contributed by atoms with E-state index >= 15 is 0 Å². The van der Waals surface area contributed by atoms with Crippen LogP contribution in [0.15, 0.2) is 6.20 Å². The first kappa shape index (κ1) is 10.7. The number of alkyl halides is 3. The third-order valence-corrected chi connectivity index (χ3v) is 2.51. The quantitative estimate of drug-likeness (QED) is 0.849. The number of nitrogens with two attached hydrogens (primary N) is 1. The molecule has 2 N–H and O–H groups in total. The second-order valence-electron chi connectivity index (χ2n) is 2.43. The third-order valence-electron chi connectivity index (χ3n) is 1.26. The molecule has 1 aromatic rings. The second kappa shape index (κ2) is 3.81. The fourth-order valence-corrected chi connectivity index (χ4v) is 1.71. The van der Waals surface area contributed by atoms with Gasteiger partial charge in [0.2, 0.25) is 0 Å². The highest BCUT2D eigenvalue weighted by molar-refractivity contribution is 7.15. The monoisotopic (exact) mass is 230 g/mol. The van der Waals surface area contributed by atoms with Gasteiger partial charge in [-0.2, -0.15) is 13.2 Å². The highest BCUT2D eigenvalue weighted by atomic mass is 35.5. The Morgan fingerprint density at radius 3 is 2.62 bits per heavy atom. The van der Waals surface area contributed by atoms with Gasteiger partial charge < -0.3 is 5.73 Å². The molecule has 1 rings (SSSR count). The van der Waals surface area contributed by atoms with Crippen molar-refractivity contribution in [1.29, 1.82) is 0 Å². The number of hydrogen-bond donors (Lipinski definition) is 1. The van der Waals surface area contributed by atoms with Gasteiger partial charge in [0, 0.05) is 0 Å². The molecule has 0 unspecified atom stereocenters. The Balaban J connectivity index is 2.64. The number of aromatic nitrogens is 1. The lowest BCUT2D eigenvalue weighted by Crippen LogP contribution is -2.19. The van der Waals surface area contributed by atoms with E-state index < -0.39 is 18.6 Å². The van der Waals surface area contributed by atoms with Gasteiger partial charge in [-0.25, -0.2) is 4.98 Å². The van der Waals surface area contributed by atoms with Crippen LogP contribution in [0, 0.1) is 0 Å². The molecule has 0 radical (unpaired) electrons. The van der Waals surface area contributed by atoms with Crippen molar-refractivity contribution in [2.45, 2.75) is 18.6 Å². The summed E-state index contributed by atoms with van der Waals surface area (Å²) in [6, 6.07) is -1.11. The summed E-state index contributed by atoms with van der Waals surface area (Å²) in [5.74, 6) is 0. The van der Waals surface area contributed by atoms with Gasteiger partial charge in [0.1, 0.15) is 9.34 Å². The molecule has 0 aliphatic heterocycles. The van der Waals surface area contributed by atoms with Crippen molar-refractivity contribution < 1.29 is 13.2 Å². The van der Waals surface area contributed by atoms with Crippen LogP contribution in [0.5, 0.6) is 0 Å². The van der Waals surface area contributed by atoms with Gasteiger partial charge in [-0.05, 0) is 0 Å². The van der Waals surface area contributed by atoms with E-state index in [1.807, 2.05) is 0 Å². The molecule has 0 aliphatic carbocycles. The van der Waals surface area contributed by atoms with Crippen LogP contribution in [0.1, 0.15) is 17.5 Å². The largest absolute Gasteiger partial charge is 0.391 e. The Hall–Kier alpha value is -0.330. The van der Waals surface area contributed by atoms with Gasteiger partial charge in [0.05, 0.1) is 18.7 Å². The average molecular weight is 231 g/mol. The molecule has 0 saturated carbocycles. The molecular formula is C6H6ClF3N2S. The first-order valence-electron chi connectivity index (χ1n) is 3.32. The highest BCUT2D eigenvalue weighted by Gasteiger charge is 2.31. The summed E-state index contributed by atoms with van der Waals surface area (Å²) in [4.78, 5) is 3.66. The Labute approximate surface area is 81.5 Å². The summed E-state index contributed by atoms with van der Waals surface area (Å²) in [6.07, 6.45) is -4.05. The Morgan fingerprint density at radius 2 is 2.23 bits per heavy atom. The smallest absolute Gasteiger partial charge is 0.322 e. The standard InChI is InChI=1S/C6H6ClF3N2S/c7-4-2-12-5(13-4)3(11)1-6(8,9)10/h2-3H,1,11H2/t3-/m1/s1. The van der Waals surface area contributed by atoms with Crippen LogP contribution in [-0.2, 0) is 0 Å². The molecule has 2 nitrogen and oxygen atoms in total. The van der Waals surface area contributed by atoms with E-state index in [2.05, 4.69) is 4.98 Å². The molecule has 7 heteroatoms. The molecule has 1 aromatic heterocycles. The lowest BCUT2D eigenvalue weighted by Gasteiger charge is -2.10. The lowest BCUT2D eigenvalue weighted by atomic mass is 10.2. The molecule has 0 spiro atoms. The van der Waals surface area contributed by atoms with Crippen LogP contribution >= 0.6 is 22.9 Å². The van der Waals surface area contributed by atoms with E-state index in [4.69, 9.17) is 17.3 Å². The van der Waals surface area contributed by atoms with E-state index in [0.29, 0.717) is 4.34 Å². The molecule has 0 bridgehead atoms. The fourth-order valence-electron chi connectivity index (χ4n) is 0.775. The summed E-state index contributed by atoms with van der Waals surface area (Å²) in [7, 11) is 0. The predicted molar refractivity (Wildman–Crippen MR) is 44.7 cm³/mol. The molecule has 0 saturated heterocycles. The third kappa shape index (κ3) is 3.50. The molecule has 74 valence electrons. The zero-order valence-corrected chi connectivity index (χ0v) is 7.88. The summed E-state index contributed by atoms with van der Waals surface area (Å²) >= 11 is 6.46. The first-order chi connectivity index (χ1) is 5.88. The van der Waals surface area contributed by atoms with Crippen LogP contribution in [-0.4, -0.2) is 11.2 Å². The van der Waals surface area contributed by atoms with Crippen LogP contribution < -0.4 is 5.73 Å². The van der Waals surface area contributed by atoms with Gasteiger partial charge >= 0.3 is 6.18 Å². The molecule has 0 fully saturated rings. The topological polar surface area (TPSA) is 38.9 Å². The van der Waals surface area contributed by atoms with Crippen molar-refractivity contribution in [3.63, 3.8) is 0 Å². The lowest BCUT2D eigenvalue weighted by molar-refractivity contribution is -0.138. The Morgan fingerprint density at radius 1 is 1.62 bits per heavy atom. The highest BCUT2D eigenvalue weighted by Crippen LogP contribution is 2.30. The van der Waals surface area contributed by atoms with Crippen molar-refractivity contribution in [3.8, 4) is 0 Å². The Kier molecular flexibility index (Phi) is 3.15. The molecule has 0 amide bonds. The van der Waals surface area contributed by atoms with E-state index in [9.17, 15) is 13.2 Å². The average Bonchev–Trinajstić information content (AvgIpc) is 2.31. The van der Waals surface area contributed by atoms with Crippen LogP contribution in [0.2, 0.25) is 4.34 Å². The zero-order valence-electron chi connectivity index (χ0n) is 6.31. The van der Waals surface area contributed by atoms with E-state index in [1.165, 1.54) is 6.20 Å². The summed E-state index contributed by atoms with van der Waals surface area (Å²) in [6.45, 7) is 0. The second-order valence-corrected chi connectivity index (χ2v) is 4.12. The maximum Gasteiger partial charge on any atom is 0.391 e. The van der Waals surface area contributed by atoms with Gasteiger partial charge in [0.15, 0.2) is 0 Å². The van der Waals surface area contributed by atoms with Crippen molar-refractivity contribution in [3.05, 3.63) is 15.5 Å². The molecule has 0 aromatic carbocycles. The predicted octanol–water partition coefficient (Wildman–Crippen LogP) is 2.75. The number of rotatable bonds is 2. The van der Waals surface area contributed by atoms with E-state index in [1.54, 1.807) is 0 Å². The Bertz CT molecular complexity index is 286. The van der Waals surface area contributed by atoms with Crippen LogP contribution in [0.3, 0.4) is 0 Å². The van der Waals surface area contributed by atoms with Crippen molar-refractivity contribution in [1.82, 2.24) is 4.98 Å². The van der Waals surface area contributed by atoms with Gasteiger partial charge in [-0.15, -0.1) is 11.3 Å². The minimum Gasteiger partial charge on any atom is -0.322 e. The van der Waals surface area contributed by atoms with Crippen LogP contribution in [0.25, 0.3) is 0 Å². The molecule has 1 heterocycles. The molecule has 0 aliphatic rings. The minimum absolute atomic E-state index is 0.210. The van der Waals surface area contributed by atoms with Gasteiger partial charge in [-0.3, -0.25) is 0 Å². The maximum atomic E-state index is 11.9. The molecular weight excluding hydrogens is 225 g/mol. The SMILES string of the molecule is N[C@H](CC(F)(F)F)c1ncc(Cl)s1. The number of halogens is 4. The molecule has 1 atom stereocenters. The van der Waals surface area contributed by atoms with Gasteiger partial charge in [-0.1, -0.05) is 11.6 Å². The summed E-state index contributed by atoms with van der Waals surface area (Å²) in [5.41, 5.74) is 5.26. The minimum atomic E-state index is -4.27. The number of nitrogens with zero attached hydrogens (tertiary/aromatic N) is 1. The number of thiazole rings is 1. The van der Waals surface area contributed by atoms with Crippen molar-refractivity contribution in [2.75, 3.05) is 0 Å². The van der Waals surface area contributed by atoms with Crippen LogP contribution in [0.4, 0.5) is 13.2 Å².